The third kappa shape index (κ3) is 1.21. The van der Waals surface area contributed by atoms with E-state index in [9.17, 15) is 4.39 Å². The van der Waals surface area contributed by atoms with Gasteiger partial charge in [0.15, 0.2) is 0 Å². The highest BCUT2D eigenvalue weighted by Gasteiger charge is 2.37. The average molecular weight is 193 g/mol. The molecule has 1 aromatic rings. The monoisotopic (exact) mass is 193 g/mol. The maximum absolute atomic E-state index is 13.1. The van der Waals surface area contributed by atoms with Crippen molar-refractivity contribution < 1.29 is 4.39 Å². The minimum atomic E-state index is -0.140. The Morgan fingerprint density at radius 1 is 1.43 bits per heavy atom. The molecule has 0 saturated heterocycles. The summed E-state index contributed by atoms with van der Waals surface area (Å²) in [5, 5.41) is 3.33. The fraction of sp³-hybridized carbons (Fsp3) is 0.500. The molecule has 0 aliphatic carbocycles. The predicted octanol–water partition coefficient (Wildman–Crippen LogP) is 3.16. The Kier molecular flexibility index (Phi) is 2.02. The van der Waals surface area contributed by atoms with Crippen LogP contribution in [0.25, 0.3) is 0 Å². The number of nitrogens with one attached hydrogen (secondary N) is 1. The SMILES string of the molecule is CC(C)C1(C)CNc2ccc(F)cc21. The number of rotatable bonds is 1. The summed E-state index contributed by atoms with van der Waals surface area (Å²) in [4.78, 5) is 0. The lowest BCUT2D eigenvalue weighted by molar-refractivity contribution is 0.370. The Balaban J connectivity index is 2.52. The van der Waals surface area contributed by atoms with Crippen LogP contribution < -0.4 is 5.32 Å². The summed E-state index contributed by atoms with van der Waals surface area (Å²) in [5.41, 5.74) is 2.27. The third-order valence-electron chi connectivity index (χ3n) is 3.52. The summed E-state index contributed by atoms with van der Waals surface area (Å²) in [6.45, 7) is 7.46. The van der Waals surface area contributed by atoms with E-state index in [0.717, 1.165) is 17.8 Å². The predicted molar refractivity (Wildman–Crippen MR) is 57.1 cm³/mol. The first-order chi connectivity index (χ1) is 6.54. The van der Waals surface area contributed by atoms with Crippen LogP contribution in [0.1, 0.15) is 26.3 Å². The van der Waals surface area contributed by atoms with Crippen molar-refractivity contribution in [2.75, 3.05) is 11.9 Å². The highest BCUT2D eigenvalue weighted by atomic mass is 19.1. The number of anilines is 1. The second kappa shape index (κ2) is 2.97. The Bertz CT molecular complexity index is 359. The van der Waals surface area contributed by atoms with Gasteiger partial charge in [-0.3, -0.25) is 0 Å². The Morgan fingerprint density at radius 2 is 2.14 bits per heavy atom. The number of hydrogen-bond donors (Lipinski definition) is 1. The lowest BCUT2D eigenvalue weighted by Gasteiger charge is -2.28. The Morgan fingerprint density at radius 3 is 2.79 bits per heavy atom. The molecule has 0 bridgehead atoms. The lowest BCUT2D eigenvalue weighted by atomic mass is 9.75. The largest absolute Gasteiger partial charge is 0.384 e. The van der Waals surface area contributed by atoms with Crippen LogP contribution in [0.15, 0.2) is 18.2 Å². The van der Waals surface area contributed by atoms with Crippen molar-refractivity contribution in [1.82, 2.24) is 0 Å². The topological polar surface area (TPSA) is 12.0 Å². The van der Waals surface area contributed by atoms with Gasteiger partial charge in [0.25, 0.3) is 0 Å². The minimum absolute atomic E-state index is 0.0669. The first-order valence-corrected chi connectivity index (χ1v) is 5.08. The molecule has 0 saturated carbocycles. The van der Waals surface area contributed by atoms with Crippen molar-refractivity contribution in [3.63, 3.8) is 0 Å². The number of hydrogen-bond acceptors (Lipinski definition) is 1. The van der Waals surface area contributed by atoms with E-state index < -0.39 is 0 Å². The maximum atomic E-state index is 13.1. The molecule has 1 aliphatic heterocycles. The van der Waals surface area contributed by atoms with Crippen molar-refractivity contribution in [2.24, 2.45) is 5.92 Å². The first-order valence-electron chi connectivity index (χ1n) is 5.08. The maximum Gasteiger partial charge on any atom is 0.123 e. The molecule has 2 heteroatoms. The van der Waals surface area contributed by atoms with Crippen LogP contribution in [0, 0.1) is 11.7 Å². The zero-order valence-electron chi connectivity index (χ0n) is 8.89. The molecular weight excluding hydrogens is 177 g/mol. The van der Waals surface area contributed by atoms with Crippen molar-refractivity contribution in [3.8, 4) is 0 Å². The van der Waals surface area contributed by atoms with E-state index in [0.29, 0.717) is 5.92 Å². The van der Waals surface area contributed by atoms with Crippen molar-refractivity contribution in [2.45, 2.75) is 26.2 Å². The molecular formula is C12H16FN. The molecule has 0 amide bonds. The van der Waals surface area contributed by atoms with Crippen LogP contribution in [0.4, 0.5) is 10.1 Å². The molecule has 2 rings (SSSR count). The van der Waals surface area contributed by atoms with E-state index in [2.05, 4.69) is 26.1 Å². The van der Waals surface area contributed by atoms with Gasteiger partial charge in [0, 0.05) is 17.6 Å². The van der Waals surface area contributed by atoms with Gasteiger partial charge in [-0.15, -0.1) is 0 Å². The van der Waals surface area contributed by atoms with Crippen LogP contribution in [0.3, 0.4) is 0 Å². The van der Waals surface area contributed by atoms with Crippen LogP contribution in [0.2, 0.25) is 0 Å². The molecule has 1 N–H and O–H groups in total. The van der Waals surface area contributed by atoms with Gasteiger partial charge in [-0.1, -0.05) is 20.8 Å². The van der Waals surface area contributed by atoms with Crippen LogP contribution in [-0.2, 0) is 5.41 Å². The van der Waals surface area contributed by atoms with E-state index in [1.807, 2.05) is 6.07 Å². The van der Waals surface area contributed by atoms with Gasteiger partial charge in [-0.2, -0.15) is 0 Å². The summed E-state index contributed by atoms with van der Waals surface area (Å²) >= 11 is 0. The third-order valence-corrected chi connectivity index (χ3v) is 3.52. The van der Waals surface area contributed by atoms with E-state index in [1.165, 1.54) is 6.07 Å². The Labute approximate surface area is 84.3 Å². The highest BCUT2D eigenvalue weighted by molar-refractivity contribution is 5.60. The van der Waals surface area contributed by atoms with Gasteiger partial charge >= 0.3 is 0 Å². The number of benzene rings is 1. The molecule has 14 heavy (non-hydrogen) atoms. The number of halogens is 1. The minimum Gasteiger partial charge on any atom is -0.384 e. The highest BCUT2D eigenvalue weighted by Crippen LogP contribution is 2.41. The summed E-state index contributed by atoms with van der Waals surface area (Å²) in [5.74, 6) is 0.373. The molecule has 1 aromatic carbocycles. The fourth-order valence-electron chi connectivity index (χ4n) is 2.03. The van der Waals surface area contributed by atoms with Gasteiger partial charge in [0.05, 0.1) is 0 Å². The quantitative estimate of drug-likeness (QED) is 0.722. The van der Waals surface area contributed by atoms with Gasteiger partial charge in [-0.05, 0) is 29.7 Å². The van der Waals surface area contributed by atoms with E-state index in [4.69, 9.17) is 0 Å². The van der Waals surface area contributed by atoms with Gasteiger partial charge in [0.2, 0.25) is 0 Å². The average Bonchev–Trinajstić information content (AvgIpc) is 2.46. The summed E-state index contributed by atoms with van der Waals surface area (Å²) in [7, 11) is 0. The van der Waals surface area contributed by atoms with Crippen molar-refractivity contribution >= 4 is 5.69 Å². The van der Waals surface area contributed by atoms with Crippen LogP contribution in [-0.4, -0.2) is 6.54 Å². The second-order valence-electron chi connectivity index (χ2n) is 4.62. The van der Waals surface area contributed by atoms with E-state index in [1.54, 1.807) is 6.07 Å². The molecule has 1 aliphatic rings. The molecule has 1 nitrogen and oxygen atoms in total. The first kappa shape index (κ1) is 9.50. The Hall–Kier alpha value is -1.05. The van der Waals surface area contributed by atoms with E-state index >= 15 is 0 Å². The standard InChI is InChI=1S/C12H16FN/c1-8(2)12(3)7-14-11-5-4-9(13)6-10(11)12/h4-6,8,14H,7H2,1-3H3. The normalized spacial score (nSPS) is 24.9. The zero-order chi connectivity index (χ0) is 10.3. The molecule has 1 atom stereocenters. The molecule has 0 spiro atoms. The smallest absolute Gasteiger partial charge is 0.123 e. The molecule has 1 heterocycles. The molecule has 0 radical (unpaired) electrons. The zero-order valence-corrected chi connectivity index (χ0v) is 8.89. The molecule has 1 unspecified atom stereocenters. The van der Waals surface area contributed by atoms with Gasteiger partial charge in [-0.25, -0.2) is 4.39 Å². The summed E-state index contributed by atoms with van der Waals surface area (Å²) in [6, 6.07) is 5.01. The van der Waals surface area contributed by atoms with Crippen LogP contribution >= 0.6 is 0 Å². The fourth-order valence-corrected chi connectivity index (χ4v) is 2.03. The van der Waals surface area contributed by atoms with Crippen molar-refractivity contribution in [3.05, 3.63) is 29.6 Å². The summed E-state index contributed by atoms with van der Waals surface area (Å²) < 4.78 is 13.1. The van der Waals surface area contributed by atoms with Gasteiger partial charge in [0.1, 0.15) is 5.82 Å². The number of fused-ring (bicyclic) bond motifs is 1. The lowest BCUT2D eigenvalue weighted by Crippen LogP contribution is -2.30. The van der Waals surface area contributed by atoms with Crippen LogP contribution in [0.5, 0.6) is 0 Å². The molecule has 0 fully saturated rings. The van der Waals surface area contributed by atoms with Gasteiger partial charge < -0.3 is 5.32 Å². The van der Waals surface area contributed by atoms with Crippen molar-refractivity contribution in [1.29, 1.82) is 0 Å². The molecule has 76 valence electrons. The summed E-state index contributed by atoms with van der Waals surface area (Å²) in [6.07, 6.45) is 0. The second-order valence-corrected chi connectivity index (χ2v) is 4.62. The molecule has 0 aromatic heterocycles. The van der Waals surface area contributed by atoms with E-state index in [-0.39, 0.29) is 11.2 Å².